The molecule has 1 N–H and O–H groups in total. The fraction of sp³-hybridized carbons (Fsp3) is 0.167. The molecule has 0 fully saturated rings. The predicted octanol–water partition coefficient (Wildman–Crippen LogP) is 3.99. The zero-order chi connectivity index (χ0) is 20.2. The average molecular weight is 387 g/mol. The highest BCUT2D eigenvalue weighted by molar-refractivity contribution is 5.90. The molecule has 0 saturated carbocycles. The van der Waals surface area contributed by atoms with Gasteiger partial charge in [-0.3, -0.25) is 9.59 Å². The molecular formula is C24H21NO4. The first-order valence-corrected chi connectivity index (χ1v) is 9.51. The van der Waals surface area contributed by atoms with Crippen LogP contribution >= 0.6 is 0 Å². The molecule has 0 aliphatic heterocycles. The van der Waals surface area contributed by atoms with Crippen LogP contribution in [0.1, 0.15) is 11.1 Å². The summed E-state index contributed by atoms with van der Waals surface area (Å²) >= 11 is 0. The average Bonchev–Trinajstić information content (AvgIpc) is 2.74. The lowest BCUT2D eigenvalue weighted by Gasteiger charge is -2.09. The van der Waals surface area contributed by atoms with Crippen LogP contribution < -0.4 is 15.5 Å². The summed E-state index contributed by atoms with van der Waals surface area (Å²) in [6.45, 7) is 2.49. The van der Waals surface area contributed by atoms with Gasteiger partial charge in [-0.25, -0.2) is 0 Å². The van der Waals surface area contributed by atoms with Crippen LogP contribution in [-0.2, 0) is 11.2 Å². The minimum atomic E-state index is -0.197. The van der Waals surface area contributed by atoms with Gasteiger partial charge in [0.15, 0.2) is 6.61 Å². The lowest BCUT2D eigenvalue weighted by molar-refractivity contribution is -0.123. The van der Waals surface area contributed by atoms with Crippen LogP contribution in [0.25, 0.3) is 21.9 Å². The van der Waals surface area contributed by atoms with Crippen molar-refractivity contribution < 1.29 is 13.9 Å². The minimum Gasteiger partial charge on any atom is -0.484 e. The van der Waals surface area contributed by atoms with Gasteiger partial charge >= 0.3 is 0 Å². The third-order valence-corrected chi connectivity index (χ3v) is 4.78. The molecule has 1 heterocycles. The van der Waals surface area contributed by atoms with E-state index in [-0.39, 0.29) is 17.9 Å². The van der Waals surface area contributed by atoms with Crippen LogP contribution in [0, 0.1) is 6.92 Å². The van der Waals surface area contributed by atoms with Crippen molar-refractivity contribution in [3.05, 3.63) is 88.1 Å². The molecule has 4 aromatic rings. The van der Waals surface area contributed by atoms with Crippen LogP contribution in [-0.4, -0.2) is 19.1 Å². The molecule has 3 aromatic carbocycles. The van der Waals surface area contributed by atoms with Gasteiger partial charge in [0.25, 0.3) is 5.91 Å². The molecule has 0 aliphatic rings. The first kappa shape index (κ1) is 18.7. The van der Waals surface area contributed by atoms with Gasteiger partial charge in [0, 0.05) is 12.6 Å². The number of hydrogen-bond donors (Lipinski definition) is 1. The molecule has 5 nitrogen and oxygen atoms in total. The molecule has 0 aliphatic carbocycles. The summed E-state index contributed by atoms with van der Waals surface area (Å²) in [6, 6.07) is 20.3. The molecule has 5 heteroatoms. The smallest absolute Gasteiger partial charge is 0.257 e. The number of ether oxygens (including phenoxy) is 1. The van der Waals surface area contributed by atoms with E-state index in [2.05, 4.69) is 29.6 Å². The Balaban J connectivity index is 1.37. The van der Waals surface area contributed by atoms with Crippen LogP contribution in [0.15, 0.2) is 75.9 Å². The highest BCUT2D eigenvalue weighted by atomic mass is 16.5. The van der Waals surface area contributed by atoms with E-state index in [0.29, 0.717) is 34.2 Å². The Hall–Kier alpha value is -3.60. The molecule has 4 rings (SSSR count). The van der Waals surface area contributed by atoms with E-state index >= 15 is 0 Å². The molecule has 1 aromatic heterocycles. The summed E-state index contributed by atoms with van der Waals surface area (Å²) in [4.78, 5) is 24.6. The van der Waals surface area contributed by atoms with Gasteiger partial charge in [0.1, 0.15) is 16.9 Å². The minimum absolute atomic E-state index is 0.0813. The van der Waals surface area contributed by atoms with Crippen LogP contribution in [0.3, 0.4) is 0 Å². The van der Waals surface area contributed by atoms with Gasteiger partial charge in [-0.1, -0.05) is 42.0 Å². The number of amides is 1. The van der Waals surface area contributed by atoms with Crippen molar-refractivity contribution in [1.29, 1.82) is 0 Å². The Kier molecular flexibility index (Phi) is 5.29. The second-order valence-corrected chi connectivity index (χ2v) is 6.96. The number of aryl methyl sites for hydroxylation is 1. The molecular weight excluding hydrogens is 366 g/mol. The second kappa shape index (κ2) is 8.19. The highest BCUT2D eigenvalue weighted by Crippen LogP contribution is 2.22. The van der Waals surface area contributed by atoms with Gasteiger partial charge in [0.2, 0.25) is 5.43 Å². The normalized spacial score (nSPS) is 10.9. The van der Waals surface area contributed by atoms with Crippen molar-refractivity contribution in [2.24, 2.45) is 0 Å². The van der Waals surface area contributed by atoms with E-state index in [1.165, 1.54) is 11.1 Å². The SMILES string of the molecule is Cc1ccc(CCNC(=O)COc2ccc3c(=O)c4ccccc4oc3c2)cc1. The zero-order valence-electron chi connectivity index (χ0n) is 16.1. The van der Waals surface area contributed by atoms with Gasteiger partial charge in [-0.15, -0.1) is 0 Å². The molecule has 0 radical (unpaired) electrons. The van der Waals surface area contributed by atoms with E-state index in [0.717, 1.165) is 6.42 Å². The molecule has 0 bridgehead atoms. The Morgan fingerprint density at radius 2 is 1.72 bits per heavy atom. The Morgan fingerprint density at radius 3 is 2.55 bits per heavy atom. The third kappa shape index (κ3) is 4.29. The van der Waals surface area contributed by atoms with Gasteiger partial charge in [0.05, 0.1) is 10.8 Å². The molecule has 0 spiro atoms. The number of carbonyl (C=O) groups excluding carboxylic acids is 1. The maximum atomic E-state index is 12.6. The van der Waals surface area contributed by atoms with Crippen LogP contribution in [0.4, 0.5) is 0 Å². The lowest BCUT2D eigenvalue weighted by atomic mass is 10.1. The van der Waals surface area contributed by atoms with E-state index in [9.17, 15) is 9.59 Å². The van der Waals surface area contributed by atoms with Crippen molar-refractivity contribution >= 4 is 27.8 Å². The molecule has 1 amide bonds. The lowest BCUT2D eigenvalue weighted by Crippen LogP contribution is -2.30. The van der Waals surface area contributed by atoms with Crippen molar-refractivity contribution in [3.63, 3.8) is 0 Å². The molecule has 146 valence electrons. The maximum absolute atomic E-state index is 12.6. The third-order valence-electron chi connectivity index (χ3n) is 4.78. The Morgan fingerprint density at radius 1 is 0.966 bits per heavy atom. The van der Waals surface area contributed by atoms with Gasteiger partial charge in [-0.05, 0) is 43.2 Å². The van der Waals surface area contributed by atoms with Gasteiger partial charge in [-0.2, -0.15) is 0 Å². The number of fused-ring (bicyclic) bond motifs is 2. The fourth-order valence-electron chi connectivity index (χ4n) is 3.17. The Bertz CT molecular complexity index is 1230. The Labute approximate surface area is 167 Å². The topological polar surface area (TPSA) is 68.5 Å². The highest BCUT2D eigenvalue weighted by Gasteiger charge is 2.09. The van der Waals surface area contributed by atoms with Crippen molar-refractivity contribution in [2.45, 2.75) is 13.3 Å². The molecule has 0 unspecified atom stereocenters. The summed E-state index contributed by atoms with van der Waals surface area (Å²) < 4.78 is 11.4. The number of carbonyl (C=O) groups is 1. The summed E-state index contributed by atoms with van der Waals surface area (Å²) in [5.74, 6) is 0.279. The van der Waals surface area contributed by atoms with Gasteiger partial charge < -0.3 is 14.5 Å². The number of para-hydroxylation sites is 1. The van der Waals surface area contributed by atoms with Crippen LogP contribution in [0.5, 0.6) is 5.75 Å². The first-order chi connectivity index (χ1) is 14.1. The van der Waals surface area contributed by atoms with Crippen molar-refractivity contribution in [2.75, 3.05) is 13.2 Å². The van der Waals surface area contributed by atoms with Crippen LogP contribution in [0.2, 0.25) is 0 Å². The standard InChI is InChI=1S/C24H21NO4/c1-16-6-8-17(9-7-16)12-13-25-23(26)15-28-18-10-11-20-22(14-18)29-21-5-3-2-4-19(21)24(20)27/h2-11,14H,12-13,15H2,1H3,(H,25,26). The molecule has 0 saturated heterocycles. The first-order valence-electron chi connectivity index (χ1n) is 9.51. The van der Waals surface area contributed by atoms with E-state index < -0.39 is 0 Å². The molecule has 29 heavy (non-hydrogen) atoms. The fourth-order valence-corrected chi connectivity index (χ4v) is 3.17. The number of nitrogens with one attached hydrogen (secondary N) is 1. The maximum Gasteiger partial charge on any atom is 0.257 e. The second-order valence-electron chi connectivity index (χ2n) is 6.96. The summed E-state index contributed by atoms with van der Waals surface area (Å²) in [5.41, 5.74) is 3.27. The van der Waals surface area contributed by atoms with E-state index in [1.807, 2.05) is 13.0 Å². The van der Waals surface area contributed by atoms with Crippen molar-refractivity contribution in [1.82, 2.24) is 5.32 Å². The summed E-state index contributed by atoms with van der Waals surface area (Å²) in [7, 11) is 0. The van der Waals surface area contributed by atoms with Crippen molar-refractivity contribution in [3.8, 4) is 5.75 Å². The number of rotatable bonds is 6. The zero-order valence-corrected chi connectivity index (χ0v) is 16.1. The monoisotopic (exact) mass is 387 g/mol. The number of hydrogen-bond acceptors (Lipinski definition) is 4. The number of benzene rings is 3. The summed E-state index contributed by atoms with van der Waals surface area (Å²) in [6.07, 6.45) is 0.764. The van der Waals surface area contributed by atoms with E-state index in [1.54, 1.807) is 36.4 Å². The largest absolute Gasteiger partial charge is 0.484 e. The van der Waals surface area contributed by atoms with E-state index in [4.69, 9.17) is 9.15 Å². The predicted molar refractivity (Wildman–Crippen MR) is 113 cm³/mol. The quantitative estimate of drug-likeness (QED) is 0.508. The summed E-state index contributed by atoms with van der Waals surface area (Å²) in [5, 5.41) is 3.88. The molecule has 0 atom stereocenters.